The normalized spacial score (nSPS) is 16.2. The van der Waals surface area contributed by atoms with Crippen molar-refractivity contribution in [2.24, 2.45) is 5.92 Å². The second-order valence-electron chi connectivity index (χ2n) is 6.14. The van der Waals surface area contributed by atoms with E-state index in [0.717, 1.165) is 0 Å². The molecule has 2 aromatic carbocycles. The van der Waals surface area contributed by atoms with Crippen molar-refractivity contribution in [2.45, 2.75) is 6.42 Å². The number of amides is 2. The Morgan fingerprint density at radius 3 is 2.61 bits per heavy atom. The van der Waals surface area contributed by atoms with E-state index in [2.05, 4.69) is 5.32 Å². The maximum atomic E-state index is 13.0. The largest absolute Gasteiger partial charge is 0.455 e. The fourth-order valence-corrected chi connectivity index (χ4v) is 3.12. The topological polar surface area (TPSA) is 75.7 Å². The molecule has 0 aromatic heterocycles. The molecule has 0 spiro atoms. The highest BCUT2D eigenvalue weighted by Gasteiger charge is 2.36. The van der Waals surface area contributed by atoms with Gasteiger partial charge in [0.05, 0.1) is 21.7 Å². The van der Waals surface area contributed by atoms with Crippen LogP contribution in [0.5, 0.6) is 0 Å². The van der Waals surface area contributed by atoms with Gasteiger partial charge in [0.1, 0.15) is 5.82 Å². The third kappa shape index (κ3) is 4.61. The highest BCUT2D eigenvalue weighted by molar-refractivity contribution is 6.44. The van der Waals surface area contributed by atoms with Gasteiger partial charge in [-0.3, -0.25) is 14.4 Å². The summed E-state index contributed by atoms with van der Waals surface area (Å²) in [5.74, 6) is -2.65. The lowest BCUT2D eigenvalue weighted by atomic mass is 10.1. The number of hydrogen-bond acceptors (Lipinski definition) is 4. The molecule has 1 saturated heterocycles. The Kier molecular flexibility index (Phi) is 6.16. The predicted octanol–water partition coefficient (Wildman–Crippen LogP) is 3.67. The summed E-state index contributed by atoms with van der Waals surface area (Å²) in [6, 6.07) is 10.1. The lowest BCUT2D eigenvalue weighted by Crippen LogP contribution is -2.28. The highest BCUT2D eigenvalue weighted by atomic mass is 35.5. The van der Waals surface area contributed by atoms with Gasteiger partial charge in [-0.15, -0.1) is 0 Å². The van der Waals surface area contributed by atoms with E-state index >= 15 is 0 Å². The molecule has 6 nitrogen and oxygen atoms in total. The molecule has 2 amide bonds. The van der Waals surface area contributed by atoms with Crippen LogP contribution in [0.4, 0.5) is 15.8 Å². The van der Waals surface area contributed by atoms with Crippen LogP contribution < -0.4 is 10.2 Å². The van der Waals surface area contributed by atoms with Gasteiger partial charge in [0.2, 0.25) is 5.91 Å². The minimum absolute atomic E-state index is 0.0437. The summed E-state index contributed by atoms with van der Waals surface area (Å²) < 4.78 is 18.0. The summed E-state index contributed by atoms with van der Waals surface area (Å²) in [5.41, 5.74) is 0.795. The van der Waals surface area contributed by atoms with Crippen LogP contribution in [0.2, 0.25) is 10.0 Å². The summed E-state index contributed by atoms with van der Waals surface area (Å²) in [4.78, 5) is 37.7. The first kappa shape index (κ1) is 20.1. The van der Waals surface area contributed by atoms with Crippen molar-refractivity contribution in [1.29, 1.82) is 0 Å². The maximum absolute atomic E-state index is 13.0. The molecule has 0 bridgehead atoms. The van der Waals surface area contributed by atoms with Gasteiger partial charge in [0, 0.05) is 18.7 Å². The summed E-state index contributed by atoms with van der Waals surface area (Å²) >= 11 is 11.9. The molecule has 0 saturated carbocycles. The Morgan fingerprint density at radius 1 is 1.18 bits per heavy atom. The van der Waals surface area contributed by atoms with Crippen molar-refractivity contribution in [3.05, 3.63) is 58.3 Å². The number of rotatable bonds is 5. The van der Waals surface area contributed by atoms with Crippen molar-refractivity contribution in [2.75, 3.05) is 23.4 Å². The van der Waals surface area contributed by atoms with E-state index in [1.54, 1.807) is 18.2 Å². The van der Waals surface area contributed by atoms with E-state index in [9.17, 15) is 18.8 Å². The standard InChI is InChI=1S/C19H15Cl2FN2O4/c20-14-2-1-3-15(18(14)21)23-16(25)10-28-19(27)11-8-17(26)24(9-11)13-6-4-12(22)5-7-13/h1-7,11H,8-10H2,(H,23,25)/t11-/m0/s1. The third-order valence-electron chi connectivity index (χ3n) is 4.17. The van der Waals surface area contributed by atoms with E-state index in [1.165, 1.54) is 29.2 Å². The average Bonchev–Trinajstić information content (AvgIpc) is 3.06. The van der Waals surface area contributed by atoms with Gasteiger partial charge in [0.15, 0.2) is 6.61 Å². The Bertz CT molecular complexity index is 921. The predicted molar refractivity (Wildman–Crippen MR) is 103 cm³/mol. The van der Waals surface area contributed by atoms with E-state index in [-0.39, 0.29) is 28.9 Å². The van der Waals surface area contributed by atoms with Crippen molar-refractivity contribution < 1.29 is 23.5 Å². The zero-order valence-electron chi connectivity index (χ0n) is 14.5. The fourth-order valence-electron chi connectivity index (χ4n) is 2.78. The molecule has 146 valence electrons. The number of esters is 1. The van der Waals surface area contributed by atoms with E-state index in [1.807, 2.05) is 0 Å². The zero-order chi connectivity index (χ0) is 20.3. The summed E-state index contributed by atoms with van der Waals surface area (Å²) in [7, 11) is 0. The first-order chi connectivity index (χ1) is 13.3. The first-order valence-corrected chi connectivity index (χ1v) is 9.07. The van der Waals surface area contributed by atoms with Crippen LogP contribution in [0.1, 0.15) is 6.42 Å². The maximum Gasteiger partial charge on any atom is 0.311 e. The van der Waals surface area contributed by atoms with E-state index < -0.39 is 30.2 Å². The molecule has 9 heteroatoms. The van der Waals surface area contributed by atoms with Crippen molar-refractivity contribution in [3.63, 3.8) is 0 Å². The number of ether oxygens (including phenoxy) is 1. The van der Waals surface area contributed by atoms with Gasteiger partial charge >= 0.3 is 5.97 Å². The number of halogens is 3. The van der Waals surface area contributed by atoms with E-state index in [0.29, 0.717) is 11.4 Å². The Balaban J connectivity index is 1.53. The molecule has 28 heavy (non-hydrogen) atoms. The molecule has 1 heterocycles. The Morgan fingerprint density at radius 2 is 1.89 bits per heavy atom. The van der Waals surface area contributed by atoms with Crippen molar-refractivity contribution in [1.82, 2.24) is 0 Å². The first-order valence-electron chi connectivity index (χ1n) is 8.31. The molecule has 2 aromatic rings. The minimum atomic E-state index is -0.708. The number of benzene rings is 2. The zero-order valence-corrected chi connectivity index (χ0v) is 16.0. The number of carbonyl (C=O) groups is 3. The molecule has 0 unspecified atom stereocenters. The lowest BCUT2D eigenvalue weighted by molar-refractivity contribution is -0.151. The number of carbonyl (C=O) groups excluding carboxylic acids is 3. The minimum Gasteiger partial charge on any atom is -0.455 e. The Hall–Kier alpha value is -2.64. The lowest BCUT2D eigenvalue weighted by Gasteiger charge is -2.16. The average molecular weight is 425 g/mol. The van der Waals surface area contributed by atoms with Crippen LogP contribution in [-0.4, -0.2) is 30.9 Å². The van der Waals surface area contributed by atoms with Crippen LogP contribution in [0.25, 0.3) is 0 Å². The van der Waals surface area contributed by atoms with E-state index in [4.69, 9.17) is 27.9 Å². The van der Waals surface area contributed by atoms with Crippen LogP contribution in [-0.2, 0) is 19.1 Å². The monoisotopic (exact) mass is 424 g/mol. The molecular weight excluding hydrogens is 410 g/mol. The molecule has 0 radical (unpaired) electrons. The number of hydrogen-bond donors (Lipinski definition) is 1. The molecule has 1 N–H and O–H groups in total. The van der Waals surface area contributed by atoms with Gasteiger partial charge in [-0.25, -0.2) is 4.39 Å². The third-order valence-corrected chi connectivity index (χ3v) is 4.99. The second kappa shape index (κ2) is 8.58. The van der Waals surface area contributed by atoms with Crippen LogP contribution in [0.3, 0.4) is 0 Å². The van der Waals surface area contributed by atoms with Gasteiger partial charge in [-0.2, -0.15) is 0 Å². The molecule has 0 aliphatic carbocycles. The van der Waals surface area contributed by atoms with Crippen molar-refractivity contribution in [3.8, 4) is 0 Å². The molecule has 3 rings (SSSR count). The molecule has 1 aliphatic heterocycles. The fraction of sp³-hybridized carbons (Fsp3) is 0.211. The van der Waals surface area contributed by atoms with Gasteiger partial charge in [-0.05, 0) is 36.4 Å². The summed E-state index contributed by atoms with van der Waals surface area (Å²) in [6.45, 7) is -0.423. The van der Waals surface area contributed by atoms with Gasteiger partial charge in [0.25, 0.3) is 5.91 Å². The molecule has 1 fully saturated rings. The smallest absolute Gasteiger partial charge is 0.311 e. The molecule has 1 aliphatic rings. The molecule has 1 atom stereocenters. The quantitative estimate of drug-likeness (QED) is 0.742. The summed E-state index contributed by atoms with van der Waals surface area (Å²) in [5, 5.41) is 2.96. The second-order valence-corrected chi connectivity index (χ2v) is 6.92. The summed E-state index contributed by atoms with van der Waals surface area (Å²) in [6.07, 6.45) is -0.0437. The number of nitrogens with zero attached hydrogens (tertiary/aromatic N) is 1. The van der Waals surface area contributed by atoms with Gasteiger partial charge < -0.3 is 15.0 Å². The van der Waals surface area contributed by atoms with Crippen LogP contribution in [0, 0.1) is 11.7 Å². The van der Waals surface area contributed by atoms with Crippen LogP contribution >= 0.6 is 23.2 Å². The molecular formula is C19H15Cl2FN2O4. The Labute approximate surface area is 170 Å². The SMILES string of the molecule is O=C(COC(=O)[C@H]1CC(=O)N(c2ccc(F)cc2)C1)Nc1cccc(Cl)c1Cl. The van der Waals surface area contributed by atoms with Gasteiger partial charge in [-0.1, -0.05) is 29.3 Å². The van der Waals surface area contributed by atoms with Crippen molar-refractivity contribution >= 4 is 52.4 Å². The highest BCUT2D eigenvalue weighted by Crippen LogP contribution is 2.29. The van der Waals surface area contributed by atoms with Crippen LogP contribution in [0.15, 0.2) is 42.5 Å². The number of anilines is 2. The number of nitrogens with one attached hydrogen (secondary N) is 1.